The molecule has 0 aliphatic rings. The van der Waals surface area contributed by atoms with Crippen LogP contribution in [0.4, 0.5) is 10.1 Å². The fourth-order valence-corrected chi connectivity index (χ4v) is 4.40. The van der Waals surface area contributed by atoms with E-state index < -0.39 is 4.92 Å². The van der Waals surface area contributed by atoms with Crippen LogP contribution in [0.1, 0.15) is 24.4 Å². The molecule has 0 aliphatic heterocycles. The Hall–Kier alpha value is -3.43. The molecule has 1 unspecified atom stereocenters. The number of nitrogens with one attached hydrogen (secondary N) is 1. The van der Waals surface area contributed by atoms with Gasteiger partial charge >= 0.3 is 0 Å². The number of nitro benzene ring substituents is 1. The van der Waals surface area contributed by atoms with E-state index in [9.17, 15) is 19.3 Å². The molecule has 2 aromatic carbocycles. The van der Waals surface area contributed by atoms with Gasteiger partial charge in [-0.2, -0.15) is 0 Å². The summed E-state index contributed by atoms with van der Waals surface area (Å²) in [4.78, 5) is 33.4. The van der Waals surface area contributed by atoms with Gasteiger partial charge in [-0.3, -0.25) is 19.8 Å². The summed E-state index contributed by atoms with van der Waals surface area (Å²) in [5.41, 5.74) is 2.06. The van der Waals surface area contributed by atoms with E-state index in [-0.39, 0.29) is 23.1 Å². The maximum atomic E-state index is 13.2. The molecule has 2 heterocycles. The van der Waals surface area contributed by atoms with Gasteiger partial charge in [0.25, 0.3) is 11.2 Å². The number of H-pyrrole nitrogens is 1. The highest BCUT2D eigenvalue weighted by Crippen LogP contribution is 2.31. The molecule has 4 aromatic rings. The van der Waals surface area contributed by atoms with E-state index in [4.69, 9.17) is 0 Å². The number of thiophene rings is 1. The number of fused-ring (bicyclic) bond motifs is 1. The van der Waals surface area contributed by atoms with Crippen molar-refractivity contribution >= 4 is 27.2 Å². The van der Waals surface area contributed by atoms with Crippen molar-refractivity contribution in [2.24, 2.45) is 0 Å². The van der Waals surface area contributed by atoms with Crippen molar-refractivity contribution in [3.63, 3.8) is 0 Å². The van der Waals surface area contributed by atoms with Gasteiger partial charge in [0.1, 0.15) is 16.5 Å². The molecule has 2 aromatic heterocycles. The predicted molar refractivity (Wildman–Crippen MR) is 119 cm³/mol. The van der Waals surface area contributed by atoms with Crippen LogP contribution in [-0.2, 0) is 6.54 Å². The van der Waals surface area contributed by atoms with Crippen molar-refractivity contribution in [2.75, 3.05) is 7.05 Å². The third-order valence-corrected chi connectivity index (χ3v) is 6.14. The quantitative estimate of drug-likeness (QED) is 0.342. The van der Waals surface area contributed by atoms with Crippen molar-refractivity contribution in [1.82, 2.24) is 14.9 Å². The van der Waals surface area contributed by atoms with Crippen molar-refractivity contribution in [3.05, 3.63) is 91.6 Å². The van der Waals surface area contributed by atoms with Crippen molar-refractivity contribution in [3.8, 4) is 11.1 Å². The number of aromatic nitrogens is 2. The Labute approximate surface area is 181 Å². The summed E-state index contributed by atoms with van der Waals surface area (Å²) < 4.78 is 13.2. The molecule has 0 saturated heterocycles. The first-order chi connectivity index (χ1) is 14.8. The number of hydrogen-bond donors (Lipinski definition) is 1. The number of nitrogens with zero attached hydrogens (tertiary/aromatic N) is 3. The Kier molecular flexibility index (Phi) is 5.62. The lowest BCUT2D eigenvalue weighted by atomic mass is 10.1. The zero-order chi connectivity index (χ0) is 22.1. The lowest BCUT2D eigenvalue weighted by Gasteiger charge is -2.24. The Morgan fingerprint density at radius 3 is 2.71 bits per heavy atom. The van der Waals surface area contributed by atoms with E-state index in [2.05, 4.69) is 9.97 Å². The van der Waals surface area contributed by atoms with Crippen LogP contribution < -0.4 is 5.56 Å². The minimum Gasteiger partial charge on any atom is -0.309 e. The van der Waals surface area contributed by atoms with E-state index in [0.717, 1.165) is 16.7 Å². The van der Waals surface area contributed by atoms with E-state index in [1.807, 2.05) is 30.3 Å². The molecule has 0 spiro atoms. The third kappa shape index (κ3) is 4.23. The Morgan fingerprint density at radius 2 is 2.00 bits per heavy atom. The molecule has 4 rings (SSSR count). The molecular weight excluding hydrogens is 419 g/mol. The second kappa shape index (κ2) is 8.37. The van der Waals surface area contributed by atoms with Crippen LogP contribution in [0.3, 0.4) is 0 Å². The minimum absolute atomic E-state index is 0.0395. The van der Waals surface area contributed by atoms with Crippen LogP contribution in [0.5, 0.6) is 0 Å². The van der Waals surface area contributed by atoms with Crippen molar-refractivity contribution in [2.45, 2.75) is 19.5 Å². The Balaban J connectivity index is 1.60. The summed E-state index contributed by atoms with van der Waals surface area (Å²) in [5.74, 6) is 0.170. The normalized spacial score (nSPS) is 12.4. The lowest BCUT2D eigenvalue weighted by Crippen LogP contribution is -2.25. The monoisotopic (exact) mass is 438 g/mol. The number of non-ortho nitro benzene ring substituents is 1. The average Bonchev–Trinajstić information content (AvgIpc) is 3.18. The zero-order valence-corrected chi connectivity index (χ0v) is 17.6. The number of rotatable bonds is 6. The maximum Gasteiger partial charge on any atom is 0.269 e. The molecule has 9 heteroatoms. The van der Waals surface area contributed by atoms with Crippen LogP contribution in [0, 0.1) is 15.9 Å². The van der Waals surface area contributed by atoms with E-state index in [0.29, 0.717) is 22.6 Å². The molecule has 158 valence electrons. The van der Waals surface area contributed by atoms with E-state index in [1.165, 1.54) is 29.5 Å². The fraction of sp³-hybridized carbons (Fsp3) is 0.182. The fourth-order valence-electron chi connectivity index (χ4n) is 3.44. The van der Waals surface area contributed by atoms with Gasteiger partial charge in [0.15, 0.2) is 0 Å². The minimum atomic E-state index is -0.418. The number of hydrogen-bond acceptors (Lipinski definition) is 6. The highest BCUT2D eigenvalue weighted by molar-refractivity contribution is 7.17. The molecule has 0 aliphatic carbocycles. The summed E-state index contributed by atoms with van der Waals surface area (Å²) in [7, 11) is 1.87. The molecule has 1 atom stereocenters. The van der Waals surface area contributed by atoms with Gasteiger partial charge < -0.3 is 4.98 Å². The number of benzene rings is 2. The highest BCUT2D eigenvalue weighted by Gasteiger charge is 2.18. The van der Waals surface area contributed by atoms with Crippen LogP contribution >= 0.6 is 11.3 Å². The Morgan fingerprint density at radius 1 is 1.26 bits per heavy atom. The summed E-state index contributed by atoms with van der Waals surface area (Å²) in [5, 5.41) is 13.4. The first-order valence-electron chi connectivity index (χ1n) is 9.54. The highest BCUT2D eigenvalue weighted by atomic mass is 32.1. The van der Waals surface area contributed by atoms with Gasteiger partial charge in [0, 0.05) is 29.1 Å². The Bertz CT molecular complexity index is 1320. The van der Waals surface area contributed by atoms with Gasteiger partial charge in [-0.15, -0.1) is 11.3 Å². The van der Waals surface area contributed by atoms with E-state index >= 15 is 0 Å². The first-order valence-corrected chi connectivity index (χ1v) is 10.4. The molecule has 0 radical (unpaired) electrons. The summed E-state index contributed by atoms with van der Waals surface area (Å²) in [6, 6.07) is 12.4. The van der Waals surface area contributed by atoms with Gasteiger partial charge in [0.05, 0.1) is 16.9 Å². The molecular formula is C22H19FN4O3S. The molecule has 31 heavy (non-hydrogen) atoms. The van der Waals surface area contributed by atoms with E-state index in [1.54, 1.807) is 24.3 Å². The van der Waals surface area contributed by atoms with Crippen LogP contribution in [0.25, 0.3) is 21.3 Å². The molecule has 0 fully saturated rings. The standard InChI is InChI=1S/C22H19FN4O3S/c1-13(15-4-3-5-17(10-15)27(29)30)26(2)11-19-24-21(28)20-18(12-31-22(20)25-19)14-6-8-16(23)9-7-14/h3-10,12-13H,11H2,1-2H3,(H,24,25,28). The smallest absolute Gasteiger partial charge is 0.269 e. The maximum absolute atomic E-state index is 13.2. The molecule has 0 bridgehead atoms. The van der Waals surface area contributed by atoms with Crippen molar-refractivity contribution in [1.29, 1.82) is 0 Å². The van der Waals surface area contributed by atoms with Crippen LogP contribution in [-0.4, -0.2) is 26.8 Å². The second-order valence-electron chi connectivity index (χ2n) is 7.29. The van der Waals surface area contributed by atoms with Gasteiger partial charge in [0.2, 0.25) is 0 Å². The second-order valence-corrected chi connectivity index (χ2v) is 8.15. The topological polar surface area (TPSA) is 92.1 Å². The number of nitro groups is 1. The van der Waals surface area contributed by atoms with Crippen molar-refractivity contribution < 1.29 is 9.31 Å². The van der Waals surface area contributed by atoms with Gasteiger partial charge in [-0.1, -0.05) is 24.3 Å². The lowest BCUT2D eigenvalue weighted by molar-refractivity contribution is -0.384. The predicted octanol–water partition coefficient (Wildman–Crippen LogP) is 4.89. The summed E-state index contributed by atoms with van der Waals surface area (Å²) in [6.45, 7) is 2.30. The first kappa shape index (κ1) is 20.8. The molecule has 0 amide bonds. The zero-order valence-electron chi connectivity index (χ0n) is 16.8. The summed E-state index contributed by atoms with van der Waals surface area (Å²) >= 11 is 1.36. The largest absolute Gasteiger partial charge is 0.309 e. The number of aromatic amines is 1. The van der Waals surface area contributed by atoms with Gasteiger partial charge in [-0.05, 0) is 37.2 Å². The summed E-state index contributed by atoms with van der Waals surface area (Å²) in [6.07, 6.45) is 0. The van der Waals surface area contributed by atoms with Crippen LogP contribution in [0.2, 0.25) is 0 Å². The van der Waals surface area contributed by atoms with Crippen LogP contribution in [0.15, 0.2) is 58.7 Å². The molecule has 7 nitrogen and oxygen atoms in total. The van der Waals surface area contributed by atoms with Gasteiger partial charge in [-0.25, -0.2) is 9.37 Å². The molecule has 0 saturated carbocycles. The molecule has 1 N–H and O–H groups in total. The number of halogens is 1. The SMILES string of the molecule is CC(c1cccc([N+](=O)[O-])c1)N(C)Cc1nc2scc(-c3ccc(F)cc3)c2c(=O)[nH]1. The average molecular weight is 438 g/mol. The third-order valence-electron chi connectivity index (χ3n) is 5.27.